The van der Waals surface area contributed by atoms with Crippen LogP contribution in [0.4, 0.5) is 0 Å². The van der Waals surface area contributed by atoms with Crippen molar-refractivity contribution in [2.75, 3.05) is 0 Å². The van der Waals surface area contributed by atoms with Crippen molar-refractivity contribution in [1.29, 1.82) is 0 Å². The molecule has 0 spiro atoms. The average Bonchev–Trinajstić information content (AvgIpc) is 3.25. The third kappa shape index (κ3) is 9.40. The Hall–Kier alpha value is -0.260. The summed E-state index contributed by atoms with van der Waals surface area (Å²) in [5.74, 6) is 6.73. The van der Waals surface area contributed by atoms with E-state index in [9.17, 15) is 0 Å². The molecule has 0 heterocycles. The van der Waals surface area contributed by atoms with E-state index >= 15 is 0 Å². The van der Waals surface area contributed by atoms with Gasteiger partial charge in [-0.1, -0.05) is 141 Å². The van der Waals surface area contributed by atoms with Gasteiger partial charge in [0.15, 0.2) is 0 Å². The van der Waals surface area contributed by atoms with Crippen LogP contribution in [0.5, 0.6) is 0 Å². The van der Waals surface area contributed by atoms with E-state index in [0.717, 1.165) is 41.4 Å². The van der Waals surface area contributed by atoms with Gasteiger partial charge < -0.3 is 0 Å². The summed E-state index contributed by atoms with van der Waals surface area (Å²) in [5.41, 5.74) is 3.06. The number of rotatable bonds is 5. The quantitative estimate of drug-likeness (QED) is 0.309. The van der Waals surface area contributed by atoms with Crippen LogP contribution >= 0.6 is 0 Å². The number of fused-ring (bicyclic) bond motifs is 5. The van der Waals surface area contributed by atoms with Crippen LogP contribution in [0.3, 0.4) is 0 Å². The van der Waals surface area contributed by atoms with Gasteiger partial charge in [-0.2, -0.15) is 0 Å². The van der Waals surface area contributed by atoms with E-state index in [2.05, 4.69) is 75.3 Å². The molecule has 4 aliphatic carbocycles. The fraction of sp³-hybridized carbons (Fsp3) is 0.947. The fourth-order valence-electron chi connectivity index (χ4n) is 8.87. The zero-order valence-corrected chi connectivity index (χ0v) is 29.3. The van der Waals surface area contributed by atoms with Gasteiger partial charge in [-0.3, -0.25) is 0 Å². The predicted molar refractivity (Wildman–Crippen MR) is 177 cm³/mol. The van der Waals surface area contributed by atoms with Gasteiger partial charge in [-0.15, -0.1) is 0 Å². The molecule has 0 aliphatic heterocycles. The van der Waals surface area contributed by atoms with Crippen LogP contribution in [0.15, 0.2) is 11.6 Å². The lowest BCUT2D eigenvalue weighted by Gasteiger charge is -2.58. The highest BCUT2D eigenvalue weighted by Gasteiger charge is 2.58. The molecule has 0 bridgehead atoms. The van der Waals surface area contributed by atoms with Crippen molar-refractivity contribution in [2.45, 2.75) is 180 Å². The van der Waals surface area contributed by atoms with Gasteiger partial charge in [0.25, 0.3) is 0 Å². The van der Waals surface area contributed by atoms with E-state index < -0.39 is 0 Å². The highest BCUT2D eigenvalue weighted by molar-refractivity contribution is 5.25. The van der Waals surface area contributed by atoms with Gasteiger partial charge in [0.1, 0.15) is 0 Å². The van der Waals surface area contributed by atoms with Gasteiger partial charge in [0.2, 0.25) is 0 Å². The highest BCUT2D eigenvalue weighted by atomic mass is 14.6. The Kier molecular flexibility index (Phi) is 18.8. The Morgan fingerprint density at radius 2 is 1.37 bits per heavy atom. The first kappa shape index (κ1) is 37.7. The van der Waals surface area contributed by atoms with E-state index in [4.69, 9.17) is 0 Å². The Balaban J connectivity index is 0.00000121. The number of hydrogen-bond acceptors (Lipinski definition) is 0. The summed E-state index contributed by atoms with van der Waals surface area (Å²) in [6, 6.07) is 0. The zero-order chi connectivity index (χ0) is 29.5. The standard InChI is InChI=1S/C28H48.2C3H8.2C2H6/c1-19(2)8-7-9-21(4)24-12-13-25-23-11-10-22-18-20(3)14-16-27(22,5)26(23)15-17-28(24,25)6;2*1-3-2;2*1-2/h10,19-21,23-26H,7-9,11-18H2,1-6H3;2*3H2,1-2H3;2*1-2H3/t20-,21?,23?,24?,25?,26?,27-,28+;;;;/m1..../s1. The molecule has 0 aromatic carbocycles. The maximum atomic E-state index is 2.75. The van der Waals surface area contributed by atoms with Gasteiger partial charge in [0.05, 0.1) is 0 Å². The second kappa shape index (κ2) is 19.0. The molecular formula is C38H76. The maximum absolute atomic E-state index is 2.75. The minimum atomic E-state index is 0.553. The van der Waals surface area contributed by atoms with Crippen LogP contribution in [-0.2, 0) is 0 Å². The molecule has 0 radical (unpaired) electrons. The maximum Gasteiger partial charge on any atom is -0.00851 e. The van der Waals surface area contributed by atoms with E-state index in [-0.39, 0.29) is 0 Å². The lowest BCUT2D eigenvalue weighted by Crippen LogP contribution is -2.50. The van der Waals surface area contributed by atoms with Crippen molar-refractivity contribution < 1.29 is 0 Å². The summed E-state index contributed by atoms with van der Waals surface area (Å²) in [6.07, 6.45) is 21.5. The number of hydrogen-bond donors (Lipinski definition) is 0. The third-order valence-corrected chi connectivity index (χ3v) is 10.6. The van der Waals surface area contributed by atoms with Gasteiger partial charge in [-0.05, 0) is 104 Å². The molecule has 0 aromatic rings. The van der Waals surface area contributed by atoms with Gasteiger partial charge in [-0.25, -0.2) is 0 Å². The first-order valence-electron chi connectivity index (χ1n) is 17.8. The lowest BCUT2D eigenvalue weighted by molar-refractivity contribution is -0.0523. The molecule has 3 saturated carbocycles. The molecular weight excluding hydrogens is 456 g/mol. The van der Waals surface area contributed by atoms with Crippen LogP contribution in [0.2, 0.25) is 0 Å². The first-order valence-corrected chi connectivity index (χ1v) is 17.8. The topological polar surface area (TPSA) is 0 Å². The fourth-order valence-corrected chi connectivity index (χ4v) is 8.87. The monoisotopic (exact) mass is 533 g/mol. The summed E-state index contributed by atoms with van der Waals surface area (Å²) < 4.78 is 0. The summed E-state index contributed by atoms with van der Waals surface area (Å²) in [6.45, 7) is 31.8. The minimum absolute atomic E-state index is 0.553. The Labute approximate surface area is 244 Å². The highest BCUT2D eigenvalue weighted by Crippen LogP contribution is 2.67. The largest absolute Gasteiger partial charge is 0.0845 e. The van der Waals surface area contributed by atoms with Crippen molar-refractivity contribution in [3.05, 3.63) is 11.6 Å². The van der Waals surface area contributed by atoms with E-state index in [1.165, 1.54) is 83.5 Å². The molecule has 5 unspecified atom stereocenters. The van der Waals surface area contributed by atoms with E-state index in [0.29, 0.717) is 10.8 Å². The molecule has 4 aliphatic rings. The minimum Gasteiger partial charge on any atom is -0.0845 e. The Bertz CT molecular complexity index is 612. The number of allylic oxidation sites excluding steroid dienone is 2. The smallest absolute Gasteiger partial charge is 0.00851 e. The van der Waals surface area contributed by atoms with Crippen LogP contribution in [0, 0.1) is 52.3 Å². The van der Waals surface area contributed by atoms with Crippen molar-refractivity contribution in [1.82, 2.24) is 0 Å². The van der Waals surface area contributed by atoms with Gasteiger partial charge in [0, 0.05) is 0 Å². The molecule has 4 rings (SSSR count). The van der Waals surface area contributed by atoms with E-state index in [1.807, 2.05) is 33.3 Å². The van der Waals surface area contributed by atoms with Crippen molar-refractivity contribution in [3.63, 3.8) is 0 Å². The molecule has 3 fully saturated rings. The summed E-state index contributed by atoms with van der Waals surface area (Å²) in [5, 5.41) is 0. The first-order chi connectivity index (χ1) is 18.1. The van der Waals surface area contributed by atoms with Crippen LogP contribution in [-0.4, -0.2) is 0 Å². The molecule has 0 heteroatoms. The predicted octanol–water partition coefficient (Wildman–Crippen LogP) is 13.5. The summed E-state index contributed by atoms with van der Waals surface area (Å²) in [4.78, 5) is 0. The van der Waals surface area contributed by atoms with Crippen LogP contribution in [0.25, 0.3) is 0 Å². The third-order valence-electron chi connectivity index (χ3n) is 10.6. The van der Waals surface area contributed by atoms with Crippen molar-refractivity contribution in [2.24, 2.45) is 52.3 Å². The molecule has 0 saturated heterocycles. The molecule has 38 heavy (non-hydrogen) atoms. The summed E-state index contributed by atoms with van der Waals surface area (Å²) in [7, 11) is 0. The Morgan fingerprint density at radius 1 is 0.789 bits per heavy atom. The molecule has 0 N–H and O–H groups in total. The molecule has 228 valence electrons. The zero-order valence-electron chi connectivity index (χ0n) is 29.3. The van der Waals surface area contributed by atoms with Gasteiger partial charge >= 0.3 is 0 Å². The lowest BCUT2D eigenvalue weighted by atomic mass is 9.46. The second-order valence-electron chi connectivity index (χ2n) is 14.1. The molecule has 0 nitrogen and oxygen atoms in total. The van der Waals surface area contributed by atoms with Crippen LogP contribution < -0.4 is 0 Å². The molecule has 8 atom stereocenters. The van der Waals surface area contributed by atoms with E-state index in [1.54, 1.807) is 0 Å². The van der Waals surface area contributed by atoms with Crippen molar-refractivity contribution >= 4 is 0 Å². The normalized spacial score (nSPS) is 35.6. The SMILES string of the molecule is CC.CC.CC(C)CCCC(C)C1CCC2C3CC=C4C[C@H](C)CC[C@@]4(C)C3CC[C@@]12C.CCC.CCC. The van der Waals surface area contributed by atoms with Crippen LogP contribution in [0.1, 0.15) is 180 Å². The summed E-state index contributed by atoms with van der Waals surface area (Å²) >= 11 is 0. The average molecular weight is 533 g/mol. The molecule has 0 amide bonds. The Morgan fingerprint density at radius 3 is 1.92 bits per heavy atom. The molecule has 0 aromatic heterocycles. The van der Waals surface area contributed by atoms with Crippen molar-refractivity contribution in [3.8, 4) is 0 Å². The second-order valence-corrected chi connectivity index (χ2v) is 14.1.